The van der Waals surface area contributed by atoms with Crippen molar-refractivity contribution in [2.24, 2.45) is 5.14 Å². The number of sulfonamides is 1. The van der Waals surface area contributed by atoms with E-state index in [0.717, 1.165) is 5.56 Å². The van der Waals surface area contributed by atoms with Gasteiger partial charge in [-0.2, -0.15) is 0 Å². The van der Waals surface area contributed by atoms with Crippen molar-refractivity contribution in [3.8, 4) is 17.2 Å². The second-order valence-corrected chi connectivity index (χ2v) is 9.81. The average molecular weight is 487 g/mol. The predicted octanol–water partition coefficient (Wildman–Crippen LogP) is 3.40. The van der Waals surface area contributed by atoms with Crippen LogP contribution in [0.2, 0.25) is 0 Å². The van der Waals surface area contributed by atoms with E-state index in [4.69, 9.17) is 20.3 Å². The third kappa shape index (κ3) is 5.44. The highest BCUT2D eigenvalue weighted by Crippen LogP contribution is 2.45. The van der Waals surface area contributed by atoms with Gasteiger partial charge in [-0.15, -0.1) is 0 Å². The highest BCUT2D eigenvalue weighted by Gasteiger charge is 2.37. The molecule has 3 rings (SSSR count). The third-order valence-corrected chi connectivity index (χ3v) is 7.17. The molecule has 0 aliphatic rings. The first-order valence-corrected chi connectivity index (χ1v) is 12.3. The summed E-state index contributed by atoms with van der Waals surface area (Å²) in [6.45, 7) is 1.44. The summed E-state index contributed by atoms with van der Waals surface area (Å²) < 4.78 is 36.5. The average Bonchev–Trinajstić information content (AvgIpc) is 2.79. The van der Waals surface area contributed by atoms with Gasteiger partial charge in [-0.1, -0.05) is 30.3 Å². The number of ether oxygens (including phenoxy) is 2. The van der Waals surface area contributed by atoms with Crippen molar-refractivity contribution in [2.45, 2.75) is 30.6 Å². The van der Waals surface area contributed by atoms with Crippen molar-refractivity contribution in [1.29, 1.82) is 0 Å². The van der Waals surface area contributed by atoms with Gasteiger partial charge in [0.2, 0.25) is 10.0 Å². The Labute approximate surface area is 199 Å². The predicted molar refractivity (Wildman–Crippen MR) is 131 cm³/mol. The first-order valence-electron chi connectivity index (χ1n) is 10.6. The number of methoxy groups -OCH3 is 2. The van der Waals surface area contributed by atoms with E-state index >= 15 is 0 Å². The molecule has 3 unspecified atom stereocenters. The lowest BCUT2D eigenvalue weighted by Gasteiger charge is -2.28. The number of aliphatic hydroxyl groups is 1. The van der Waals surface area contributed by atoms with Crippen molar-refractivity contribution < 1.29 is 28.1 Å². The molecule has 0 aliphatic heterocycles. The molecule has 0 saturated heterocycles. The minimum absolute atomic E-state index is 0.0593. The standard InChI is InChI=1S/C25H30N2O6S/c1-15(28)23-22(26)13-12-20(24(23)29)25(34(27,30)31)21(17-6-10-19(33-3)11-7-17)14-16-4-8-18(32-2)9-5-16/h4-13,15,21,25,28-29H,14,26H2,1-3H3,(H2,27,30,31). The van der Waals surface area contributed by atoms with Crippen LogP contribution < -0.4 is 20.3 Å². The molecule has 0 bridgehead atoms. The summed E-state index contributed by atoms with van der Waals surface area (Å²) in [5, 5.41) is 25.6. The Bertz CT molecular complexity index is 1230. The Morgan fingerprint density at radius 1 is 0.912 bits per heavy atom. The van der Waals surface area contributed by atoms with E-state index in [9.17, 15) is 18.6 Å². The quantitative estimate of drug-likeness (QED) is 0.339. The molecular weight excluding hydrogens is 456 g/mol. The Kier molecular flexibility index (Phi) is 7.71. The molecule has 9 heteroatoms. The van der Waals surface area contributed by atoms with Crippen LogP contribution in [0.25, 0.3) is 0 Å². The fraction of sp³-hybridized carbons (Fsp3) is 0.280. The monoisotopic (exact) mass is 486 g/mol. The van der Waals surface area contributed by atoms with Crippen LogP contribution in [0.15, 0.2) is 60.7 Å². The fourth-order valence-electron chi connectivity index (χ4n) is 4.20. The number of rotatable bonds is 9. The molecule has 6 N–H and O–H groups in total. The third-order valence-electron chi connectivity index (χ3n) is 5.88. The smallest absolute Gasteiger partial charge is 0.216 e. The van der Waals surface area contributed by atoms with E-state index in [0.29, 0.717) is 23.5 Å². The number of primary sulfonamides is 1. The number of nitrogen functional groups attached to an aromatic ring is 1. The molecule has 182 valence electrons. The maximum absolute atomic E-state index is 13.0. The zero-order valence-corrected chi connectivity index (χ0v) is 20.1. The van der Waals surface area contributed by atoms with Gasteiger partial charge in [-0.25, -0.2) is 13.6 Å². The molecule has 8 nitrogen and oxygen atoms in total. The molecule has 0 aromatic heterocycles. The first kappa shape index (κ1) is 25.4. The Morgan fingerprint density at radius 2 is 1.44 bits per heavy atom. The normalized spacial score (nSPS) is 14.3. The number of aromatic hydroxyl groups is 1. The summed E-state index contributed by atoms with van der Waals surface area (Å²) in [6, 6.07) is 17.2. The second kappa shape index (κ2) is 10.3. The summed E-state index contributed by atoms with van der Waals surface area (Å²) in [7, 11) is -1.12. The summed E-state index contributed by atoms with van der Waals surface area (Å²) in [5.74, 6) is 0.226. The van der Waals surface area contributed by atoms with Gasteiger partial charge in [0.05, 0.1) is 20.3 Å². The minimum Gasteiger partial charge on any atom is -0.507 e. The summed E-state index contributed by atoms with van der Waals surface area (Å²) in [5.41, 5.74) is 7.76. The lowest BCUT2D eigenvalue weighted by molar-refractivity contribution is 0.195. The molecule has 3 atom stereocenters. The molecule has 0 saturated carbocycles. The summed E-state index contributed by atoms with van der Waals surface area (Å²) in [6.07, 6.45) is -0.812. The summed E-state index contributed by atoms with van der Waals surface area (Å²) >= 11 is 0. The topological polar surface area (TPSA) is 145 Å². The largest absolute Gasteiger partial charge is 0.507 e. The van der Waals surface area contributed by atoms with Gasteiger partial charge in [0.1, 0.15) is 22.5 Å². The van der Waals surface area contributed by atoms with Gasteiger partial charge in [-0.3, -0.25) is 0 Å². The van der Waals surface area contributed by atoms with E-state index < -0.39 is 27.3 Å². The summed E-state index contributed by atoms with van der Waals surface area (Å²) in [4.78, 5) is 0. The highest BCUT2D eigenvalue weighted by molar-refractivity contribution is 7.89. The Hall–Kier alpha value is -3.27. The number of benzene rings is 3. The van der Waals surface area contributed by atoms with Crippen molar-refractivity contribution in [3.05, 3.63) is 82.9 Å². The minimum atomic E-state index is -4.23. The molecule has 0 spiro atoms. The van der Waals surface area contributed by atoms with Crippen molar-refractivity contribution in [3.63, 3.8) is 0 Å². The van der Waals surface area contributed by atoms with Crippen LogP contribution in [0.3, 0.4) is 0 Å². The van der Waals surface area contributed by atoms with Gasteiger partial charge in [-0.05, 0) is 54.8 Å². The van der Waals surface area contributed by atoms with Gasteiger partial charge in [0, 0.05) is 22.7 Å². The van der Waals surface area contributed by atoms with Crippen molar-refractivity contribution in [1.82, 2.24) is 0 Å². The van der Waals surface area contributed by atoms with Gasteiger partial charge >= 0.3 is 0 Å². The number of phenols is 1. The molecule has 0 fully saturated rings. The van der Waals surface area contributed by atoms with Crippen molar-refractivity contribution in [2.75, 3.05) is 20.0 Å². The van der Waals surface area contributed by atoms with E-state index in [1.165, 1.54) is 19.1 Å². The molecule has 3 aromatic rings. The van der Waals surface area contributed by atoms with E-state index in [-0.39, 0.29) is 22.6 Å². The van der Waals surface area contributed by atoms with Crippen LogP contribution >= 0.6 is 0 Å². The van der Waals surface area contributed by atoms with E-state index in [2.05, 4.69) is 0 Å². The Morgan fingerprint density at radius 3 is 1.91 bits per heavy atom. The molecule has 0 radical (unpaired) electrons. The SMILES string of the molecule is COc1ccc(CC(c2ccc(OC)cc2)C(c2ccc(N)c(C(C)O)c2O)S(N)(=O)=O)cc1. The number of phenolic OH excluding ortho intramolecular Hbond substituents is 1. The lowest BCUT2D eigenvalue weighted by Crippen LogP contribution is -2.28. The molecule has 0 amide bonds. The molecule has 0 aliphatic carbocycles. The number of aliphatic hydroxyl groups excluding tert-OH is 1. The fourth-order valence-corrected chi connectivity index (χ4v) is 5.45. The lowest BCUT2D eigenvalue weighted by atomic mass is 9.85. The van der Waals surface area contributed by atoms with Crippen LogP contribution in [0.1, 0.15) is 46.4 Å². The molecule has 34 heavy (non-hydrogen) atoms. The second-order valence-electron chi connectivity index (χ2n) is 8.12. The Balaban J connectivity index is 2.21. The van der Waals surface area contributed by atoms with Crippen LogP contribution in [0.5, 0.6) is 17.2 Å². The van der Waals surface area contributed by atoms with Crippen LogP contribution in [-0.4, -0.2) is 32.9 Å². The first-order chi connectivity index (χ1) is 16.1. The van der Waals surface area contributed by atoms with Crippen LogP contribution in [0, 0.1) is 0 Å². The zero-order valence-electron chi connectivity index (χ0n) is 19.3. The number of hydrogen-bond donors (Lipinski definition) is 4. The van der Waals surface area contributed by atoms with Crippen LogP contribution in [0.4, 0.5) is 5.69 Å². The molecule has 3 aromatic carbocycles. The maximum Gasteiger partial charge on any atom is 0.216 e. The van der Waals surface area contributed by atoms with Crippen molar-refractivity contribution >= 4 is 15.7 Å². The number of nitrogens with two attached hydrogens (primary N) is 2. The van der Waals surface area contributed by atoms with E-state index in [1.54, 1.807) is 50.6 Å². The number of anilines is 1. The maximum atomic E-state index is 13.0. The van der Waals surface area contributed by atoms with Crippen LogP contribution in [-0.2, 0) is 16.4 Å². The molecular formula is C25H30N2O6S. The van der Waals surface area contributed by atoms with Gasteiger partial charge in [0.25, 0.3) is 0 Å². The molecule has 0 heterocycles. The number of hydrogen-bond acceptors (Lipinski definition) is 7. The zero-order chi connectivity index (χ0) is 25.0. The van der Waals surface area contributed by atoms with Gasteiger partial charge in [0.15, 0.2) is 0 Å². The highest BCUT2D eigenvalue weighted by atomic mass is 32.2. The van der Waals surface area contributed by atoms with E-state index in [1.807, 2.05) is 12.1 Å². The van der Waals surface area contributed by atoms with Gasteiger partial charge < -0.3 is 25.4 Å².